The Hall–Kier alpha value is -2.21. The van der Waals surface area contributed by atoms with Crippen molar-refractivity contribution in [2.75, 3.05) is 44.2 Å². The predicted molar refractivity (Wildman–Crippen MR) is 93.8 cm³/mol. The van der Waals surface area contributed by atoms with E-state index in [0.717, 1.165) is 80.9 Å². The summed E-state index contributed by atoms with van der Waals surface area (Å²) in [4.78, 5) is 41.4. The number of ketones is 1. The Kier molecular flexibility index (Phi) is 4.29. The number of nitrogens with zero attached hydrogens (tertiary/aromatic N) is 3. The fraction of sp³-hybridized carbons (Fsp3) is 0.526. The van der Waals surface area contributed by atoms with Gasteiger partial charge in [0.15, 0.2) is 5.78 Å². The average molecular weight is 341 g/mol. The molecular weight excluding hydrogens is 318 g/mol. The number of anilines is 1. The molecule has 1 fully saturated rings. The number of Topliss-reactive ketones (excluding diaryl/α,β-unsaturated/α-hetero) is 1. The van der Waals surface area contributed by atoms with E-state index in [9.17, 15) is 14.4 Å². The van der Waals surface area contributed by atoms with Crippen molar-refractivity contribution in [3.05, 3.63) is 28.8 Å². The van der Waals surface area contributed by atoms with Gasteiger partial charge in [-0.1, -0.05) is 0 Å². The Labute approximate surface area is 147 Å². The van der Waals surface area contributed by atoms with Crippen LogP contribution in [0.4, 0.5) is 5.69 Å². The lowest BCUT2D eigenvalue weighted by atomic mass is 9.94. The average Bonchev–Trinajstić information content (AvgIpc) is 2.97. The molecule has 0 radical (unpaired) electrons. The fourth-order valence-corrected chi connectivity index (χ4v) is 4.14. The van der Waals surface area contributed by atoms with Gasteiger partial charge >= 0.3 is 0 Å². The molecule has 25 heavy (non-hydrogen) atoms. The van der Waals surface area contributed by atoms with E-state index in [1.807, 2.05) is 17.0 Å². The van der Waals surface area contributed by atoms with E-state index in [2.05, 4.69) is 4.90 Å². The number of amides is 2. The number of rotatable bonds is 5. The van der Waals surface area contributed by atoms with Gasteiger partial charge in [0.25, 0.3) is 0 Å². The van der Waals surface area contributed by atoms with Crippen molar-refractivity contribution >= 4 is 23.8 Å². The first-order valence-electron chi connectivity index (χ1n) is 9.07. The molecule has 6 nitrogen and oxygen atoms in total. The zero-order chi connectivity index (χ0) is 17.4. The molecule has 3 heterocycles. The van der Waals surface area contributed by atoms with Gasteiger partial charge in [-0.3, -0.25) is 19.3 Å². The Morgan fingerprint density at radius 2 is 1.84 bits per heavy atom. The van der Waals surface area contributed by atoms with Crippen LogP contribution in [0.2, 0.25) is 0 Å². The summed E-state index contributed by atoms with van der Waals surface area (Å²) in [7, 11) is 0. The highest BCUT2D eigenvalue weighted by Gasteiger charge is 2.32. The maximum absolute atomic E-state index is 12.7. The van der Waals surface area contributed by atoms with E-state index >= 15 is 0 Å². The van der Waals surface area contributed by atoms with Gasteiger partial charge in [0, 0.05) is 51.3 Å². The molecule has 3 aliphatic rings. The normalized spacial score (nSPS) is 19.9. The largest absolute Gasteiger partial charge is 0.343 e. The highest BCUT2D eigenvalue weighted by molar-refractivity contribution is 6.05. The van der Waals surface area contributed by atoms with Gasteiger partial charge in [-0.25, -0.2) is 0 Å². The Morgan fingerprint density at radius 1 is 1.08 bits per heavy atom. The number of carbonyl (C=O) groups excluding carboxylic acids is 3. The molecule has 0 atom stereocenters. The van der Waals surface area contributed by atoms with Crippen molar-refractivity contribution in [2.45, 2.75) is 25.7 Å². The molecule has 1 aromatic rings. The molecule has 0 bridgehead atoms. The molecule has 0 spiro atoms. The Bertz CT molecular complexity index is 723. The van der Waals surface area contributed by atoms with Gasteiger partial charge in [0.2, 0.25) is 12.3 Å². The minimum atomic E-state index is 0.147. The molecule has 1 aromatic carbocycles. The van der Waals surface area contributed by atoms with Crippen LogP contribution in [0.25, 0.3) is 0 Å². The second-order valence-corrected chi connectivity index (χ2v) is 7.13. The molecule has 132 valence electrons. The van der Waals surface area contributed by atoms with Crippen LogP contribution in [0.15, 0.2) is 12.1 Å². The van der Waals surface area contributed by atoms with Crippen molar-refractivity contribution in [3.8, 4) is 0 Å². The van der Waals surface area contributed by atoms with Gasteiger partial charge in [0.05, 0.1) is 12.1 Å². The number of aryl methyl sites for hydroxylation is 1. The maximum atomic E-state index is 12.7. The molecule has 4 rings (SSSR count). The lowest BCUT2D eigenvalue weighted by molar-refractivity contribution is -0.119. The third-order valence-corrected chi connectivity index (χ3v) is 5.54. The van der Waals surface area contributed by atoms with Crippen LogP contribution in [0.1, 0.15) is 34.3 Å². The smallest absolute Gasteiger partial charge is 0.231 e. The summed E-state index contributed by atoms with van der Waals surface area (Å²) in [5.41, 5.74) is 3.98. The van der Waals surface area contributed by atoms with Crippen molar-refractivity contribution in [1.29, 1.82) is 0 Å². The molecule has 0 N–H and O–H groups in total. The highest BCUT2D eigenvalue weighted by Crippen LogP contribution is 2.37. The second-order valence-electron chi connectivity index (χ2n) is 7.13. The molecule has 3 aliphatic heterocycles. The number of hydrogen-bond acceptors (Lipinski definition) is 4. The zero-order valence-electron chi connectivity index (χ0n) is 14.4. The van der Waals surface area contributed by atoms with Crippen LogP contribution in [-0.2, 0) is 22.4 Å². The molecule has 0 saturated carbocycles. The van der Waals surface area contributed by atoms with E-state index < -0.39 is 0 Å². The molecule has 2 amide bonds. The molecule has 1 saturated heterocycles. The first kappa shape index (κ1) is 16.3. The minimum absolute atomic E-state index is 0.147. The standard InChI is InChI=1S/C19H23N3O3/c23-13-21-8-6-20(7-9-21)5-3-17(24)15-10-14-2-1-4-22-18(25)12-16(11-15)19(14)22/h10-11,13H,1-9,12H2. The summed E-state index contributed by atoms with van der Waals surface area (Å²) in [6.07, 6.45) is 3.72. The zero-order valence-corrected chi connectivity index (χ0v) is 14.4. The summed E-state index contributed by atoms with van der Waals surface area (Å²) in [6.45, 7) is 4.65. The van der Waals surface area contributed by atoms with Crippen LogP contribution < -0.4 is 4.90 Å². The number of carbonyl (C=O) groups is 3. The predicted octanol–water partition coefficient (Wildman–Crippen LogP) is 0.869. The van der Waals surface area contributed by atoms with E-state index in [4.69, 9.17) is 0 Å². The molecule has 6 heteroatoms. The Morgan fingerprint density at radius 3 is 2.60 bits per heavy atom. The summed E-state index contributed by atoms with van der Waals surface area (Å²) < 4.78 is 0. The SMILES string of the molecule is O=CN1CCN(CCC(=O)c2cc3c4c(c2)CC(=O)N4CCC3)CC1. The lowest BCUT2D eigenvalue weighted by Gasteiger charge is -2.32. The van der Waals surface area contributed by atoms with E-state index in [0.29, 0.717) is 12.8 Å². The maximum Gasteiger partial charge on any atom is 0.231 e. The van der Waals surface area contributed by atoms with Crippen molar-refractivity contribution in [3.63, 3.8) is 0 Å². The van der Waals surface area contributed by atoms with Gasteiger partial charge in [-0.05, 0) is 36.1 Å². The molecule has 0 aliphatic carbocycles. The van der Waals surface area contributed by atoms with Gasteiger partial charge in [-0.15, -0.1) is 0 Å². The fourth-order valence-electron chi connectivity index (χ4n) is 4.14. The third kappa shape index (κ3) is 3.06. The quantitative estimate of drug-likeness (QED) is 0.589. The lowest BCUT2D eigenvalue weighted by Crippen LogP contribution is -2.46. The summed E-state index contributed by atoms with van der Waals surface area (Å²) in [5, 5.41) is 0. The van der Waals surface area contributed by atoms with Crippen LogP contribution in [0, 0.1) is 0 Å². The number of benzene rings is 1. The first-order valence-corrected chi connectivity index (χ1v) is 9.07. The summed E-state index contributed by atoms with van der Waals surface area (Å²) in [5.74, 6) is 0.307. The minimum Gasteiger partial charge on any atom is -0.343 e. The molecule has 0 aromatic heterocycles. The molecular formula is C19H23N3O3. The van der Waals surface area contributed by atoms with Gasteiger partial charge < -0.3 is 9.80 Å². The van der Waals surface area contributed by atoms with E-state index in [-0.39, 0.29) is 11.7 Å². The van der Waals surface area contributed by atoms with Crippen LogP contribution in [0.3, 0.4) is 0 Å². The van der Waals surface area contributed by atoms with Crippen LogP contribution in [0.5, 0.6) is 0 Å². The van der Waals surface area contributed by atoms with E-state index in [1.165, 1.54) is 0 Å². The monoisotopic (exact) mass is 341 g/mol. The topological polar surface area (TPSA) is 60.9 Å². The van der Waals surface area contributed by atoms with Crippen molar-refractivity contribution < 1.29 is 14.4 Å². The summed E-state index contributed by atoms with van der Waals surface area (Å²) >= 11 is 0. The Balaban J connectivity index is 1.43. The van der Waals surface area contributed by atoms with Crippen LogP contribution >= 0.6 is 0 Å². The third-order valence-electron chi connectivity index (χ3n) is 5.54. The second kappa shape index (κ2) is 6.59. The van der Waals surface area contributed by atoms with Gasteiger partial charge in [-0.2, -0.15) is 0 Å². The summed E-state index contributed by atoms with van der Waals surface area (Å²) in [6, 6.07) is 3.92. The van der Waals surface area contributed by atoms with Gasteiger partial charge in [0.1, 0.15) is 0 Å². The van der Waals surface area contributed by atoms with Crippen LogP contribution in [-0.4, -0.2) is 67.2 Å². The van der Waals surface area contributed by atoms with E-state index in [1.54, 1.807) is 4.90 Å². The number of piperazine rings is 1. The number of hydrogen-bond donors (Lipinski definition) is 0. The highest BCUT2D eigenvalue weighted by atomic mass is 16.2. The first-order chi connectivity index (χ1) is 12.2. The van der Waals surface area contributed by atoms with Crippen molar-refractivity contribution in [1.82, 2.24) is 9.80 Å². The molecule has 0 unspecified atom stereocenters. The van der Waals surface area contributed by atoms with Crippen molar-refractivity contribution in [2.24, 2.45) is 0 Å².